The molecule has 0 fully saturated rings. The number of anilines is 1. The first-order valence-corrected chi connectivity index (χ1v) is 5.75. The normalized spacial score (nSPS) is 10.3. The van der Waals surface area contributed by atoms with Crippen molar-refractivity contribution >= 4 is 22.9 Å². The molecule has 0 atom stereocenters. The summed E-state index contributed by atoms with van der Waals surface area (Å²) in [7, 11) is 0. The van der Waals surface area contributed by atoms with Crippen molar-refractivity contribution in [1.29, 1.82) is 0 Å². The molecule has 2 rings (SSSR count). The van der Waals surface area contributed by atoms with Gasteiger partial charge in [0, 0.05) is 18.4 Å². The molecule has 0 bridgehead atoms. The highest BCUT2D eigenvalue weighted by Gasteiger charge is 2.10. The van der Waals surface area contributed by atoms with Crippen LogP contribution in [0.4, 0.5) is 10.1 Å². The molecule has 1 aromatic heterocycles. The van der Waals surface area contributed by atoms with Crippen molar-refractivity contribution in [3.63, 3.8) is 0 Å². The smallest absolute Gasteiger partial charge is 0.135 e. The zero-order valence-corrected chi connectivity index (χ0v) is 10.3. The number of aromatic nitrogens is 3. The molecule has 18 heavy (non-hydrogen) atoms. The number of rotatable bonds is 5. The van der Waals surface area contributed by atoms with E-state index in [0.717, 1.165) is 0 Å². The van der Waals surface area contributed by atoms with E-state index in [4.69, 9.17) is 18.0 Å². The van der Waals surface area contributed by atoms with Gasteiger partial charge in [-0.05, 0) is 12.1 Å². The van der Waals surface area contributed by atoms with Crippen molar-refractivity contribution in [2.24, 2.45) is 5.73 Å². The molecule has 0 amide bonds. The molecule has 1 heterocycles. The Balaban J connectivity index is 2.05. The standard InChI is InChI=1S/C11H12FN5S/c12-8-2-1-3-9(10(8)11(13)18)14-4-6-17-7-5-15-16-17/h1-3,5,7,14H,4,6H2,(H2,13,18). The van der Waals surface area contributed by atoms with Crippen LogP contribution < -0.4 is 11.1 Å². The van der Waals surface area contributed by atoms with E-state index < -0.39 is 5.82 Å². The zero-order chi connectivity index (χ0) is 13.0. The van der Waals surface area contributed by atoms with Gasteiger partial charge in [-0.3, -0.25) is 4.68 Å². The van der Waals surface area contributed by atoms with Crippen molar-refractivity contribution in [3.05, 3.63) is 42.0 Å². The number of nitrogens with zero attached hydrogens (tertiary/aromatic N) is 3. The van der Waals surface area contributed by atoms with Gasteiger partial charge in [0.25, 0.3) is 0 Å². The number of nitrogens with one attached hydrogen (secondary N) is 1. The largest absolute Gasteiger partial charge is 0.389 e. The first kappa shape index (κ1) is 12.4. The summed E-state index contributed by atoms with van der Waals surface area (Å²) >= 11 is 4.84. The molecular formula is C11H12FN5S. The Morgan fingerprint density at radius 1 is 1.50 bits per heavy atom. The minimum Gasteiger partial charge on any atom is -0.389 e. The fourth-order valence-corrected chi connectivity index (χ4v) is 1.79. The Bertz CT molecular complexity index is 540. The average Bonchev–Trinajstić information content (AvgIpc) is 2.81. The Labute approximate surface area is 109 Å². The molecule has 1 aromatic carbocycles. The van der Waals surface area contributed by atoms with Gasteiger partial charge in [0.2, 0.25) is 0 Å². The fourth-order valence-electron chi connectivity index (χ4n) is 1.58. The van der Waals surface area contributed by atoms with Crippen LogP contribution in [0.3, 0.4) is 0 Å². The van der Waals surface area contributed by atoms with Gasteiger partial charge in [0.05, 0.1) is 18.3 Å². The van der Waals surface area contributed by atoms with Crippen LogP contribution in [-0.4, -0.2) is 26.5 Å². The number of hydrogen-bond acceptors (Lipinski definition) is 4. The molecule has 2 aromatic rings. The first-order valence-electron chi connectivity index (χ1n) is 5.35. The van der Waals surface area contributed by atoms with Crippen LogP contribution in [0.5, 0.6) is 0 Å². The van der Waals surface area contributed by atoms with Gasteiger partial charge in [-0.1, -0.05) is 23.5 Å². The van der Waals surface area contributed by atoms with E-state index in [9.17, 15) is 4.39 Å². The minimum absolute atomic E-state index is 0.0383. The topological polar surface area (TPSA) is 68.8 Å². The minimum atomic E-state index is -0.423. The molecule has 0 radical (unpaired) electrons. The highest BCUT2D eigenvalue weighted by Crippen LogP contribution is 2.18. The summed E-state index contributed by atoms with van der Waals surface area (Å²) in [5.74, 6) is -0.423. The van der Waals surface area contributed by atoms with Gasteiger partial charge in [0.1, 0.15) is 10.8 Å². The fraction of sp³-hybridized carbons (Fsp3) is 0.182. The lowest BCUT2D eigenvalue weighted by Crippen LogP contribution is -2.17. The maximum atomic E-state index is 13.6. The summed E-state index contributed by atoms with van der Waals surface area (Å²) in [6, 6.07) is 4.67. The second-order valence-electron chi connectivity index (χ2n) is 3.62. The molecule has 0 spiro atoms. The molecule has 5 nitrogen and oxygen atoms in total. The Kier molecular flexibility index (Phi) is 3.83. The monoisotopic (exact) mass is 265 g/mol. The van der Waals surface area contributed by atoms with E-state index in [1.54, 1.807) is 29.2 Å². The van der Waals surface area contributed by atoms with Crippen molar-refractivity contribution in [2.45, 2.75) is 6.54 Å². The van der Waals surface area contributed by atoms with Crippen molar-refractivity contribution in [1.82, 2.24) is 15.0 Å². The second kappa shape index (κ2) is 5.54. The van der Waals surface area contributed by atoms with Crippen LogP contribution in [0, 0.1) is 5.82 Å². The van der Waals surface area contributed by atoms with E-state index in [0.29, 0.717) is 18.8 Å². The summed E-state index contributed by atoms with van der Waals surface area (Å²) in [6.45, 7) is 1.19. The van der Waals surface area contributed by atoms with Crippen molar-refractivity contribution < 1.29 is 4.39 Å². The van der Waals surface area contributed by atoms with Gasteiger partial charge in [-0.25, -0.2) is 4.39 Å². The van der Waals surface area contributed by atoms with Gasteiger partial charge >= 0.3 is 0 Å². The van der Waals surface area contributed by atoms with Gasteiger partial charge in [-0.2, -0.15) is 0 Å². The lowest BCUT2D eigenvalue weighted by atomic mass is 10.1. The number of thiocarbonyl (C=S) groups is 1. The third-order valence-corrected chi connectivity index (χ3v) is 2.59. The molecule has 0 saturated heterocycles. The molecule has 94 valence electrons. The lowest BCUT2D eigenvalue weighted by molar-refractivity contribution is 0.607. The third kappa shape index (κ3) is 2.80. The molecule has 0 saturated carbocycles. The summed E-state index contributed by atoms with van der Waals surface area (Å²) in [4.78, 5) is 0.0383. The zero-order valence-electron chi connectivity index (χ0n) is 9.51. The Morgan fingerprint density at radius 2 is 2.33 bits per heavy atom. The SMILES string of the molecule is NC(=S)c1c(F)cccc1NCCn1ccnn1. The van der Waals surface area contributed by atoms with E-state index in [-0.39, 0.29) is 10.6 Å². The Hall–Kier alpha value is -2.02. The molecule has 3 N–H and O–H groups in total. The number of hydrogen-bond donors (Lipinski definition) is 2. The van der Waals surface area contributed by atoms with Crippen LogP contribution in [0.1, 0.15) is 5.56 Å². The van der Waals surface area contributed by atoms with Gasteiger partial charge in [-0.15, -0.1) is 5.10 Å². The van der Waals surface area contributed by atoms with E-state index in [1.807, 2.05) is 0 Å². The number of halogens is 1. The van der Waals surface area contributed by atoms with Crippen molar-refractivity contribution in [2.75, 3.05) is 11.9 Å². The van der Waals surface area contributed by atoms with E-state index in [1.165, 1.54) is 6.07 Å². The van der Waals surface area contributed by atoms with Crippen molar-refractivity contribution in [3.8, 4) is 0 Å². The van der Waals surface area contributed by atoms with E-state index in [2.05, 4.69) is 15.6 Å². The molecule has 7 heteroatoms. The molecular weight excluding hydrogens is 253 g/mol. The van der Waals surface area contributed by atoms with Crippen LogP contribution in [0.15, 0.2) is 30.6 Å². The van der Waals surface area contributed by atoms with Gasteiger partial charge in [0.15, 0.2) is 0 Å². The molecule has 0 aliphatic rings. The number of nitrogens with two attached hydrogens (primary N) is 1. The quantitative estimate of drug-likeness (QED) is 0.794. The maximum absolute atomic E-state index is 13.6. The van der Waals surface area contributed by atoms with Crippen LogP contribution in [0.25, 0.3) is 0 Å². The summed E-state index contributed by atoms with van der Waals surface area (Å²) in [6.07, 6.45) is 3.35. The molecule has 0 unspecified atom stereocenters. The lowest BCUT2D eigenvalue weighted by Gasteiger charge is -2.11. The number of benzene rings is 1. The predicted octanol–water partition coefficient (Wildman–Crippen LogP) is 1.16. The van der Waals surface area contributed by atoms with Crippen LogP contribution in [0.2, 0.25) is 0 Å². The molecule has 0 aliphatic carbocycles. The Morgan fingerprint density at radius 3 is 3.00 bits per heavy atom. The highest BCUT2D eigenvalue weighted by atomic mass is 32.1. The third-order valence-electron chi connectivity index (χ3n) is 2.39. The van der Waals surface area contributed by atoms with E-state index >= 15 is 0 Å². The second-order valence-corrected chi connectivity index (χ2v) is 4.06. The van der Waals surface area contributed by atoms with Crippen LogP contribution >= 0.6 is 12.2 Å². The first-order chi connectivity index (χ1) is 8.68. The van der Waals surface area contributed by atoms with Crippen LogP contribution in [-0.2, 0) is 6.54 Å². The maximum Gasteiger partial charge on any atom is 0.135 e. The average molecular weight is 265 g/mol. The molecule has 0 aliphatic heterocycles. The summed E-state index contributed by atoms with van der Waals surface area (Å²) < 4.78 is 15.2. The predicted molar refractivity (Wildman–Crippen MR) is 70.8 cm³/mol. The summed E-state index contributed by atoms with van der Waals surface area (Å²) in [5, 5.41) is 10.6. The van der Waals surface area contributed by atoms with Gasteiger partial charge < -0.3 is 11.1 Å². The summed E-state index contributed by atoms with van der Waals surface area (Å²) in [5.41, 5.74) is 6.33. The highest BCUT2D eigenvalue weighted by molar-refractivity contribution is 7.80.